The summed E-state index contributed by atoms with van der Waals surface area (Å²) in [6, 6.07) is 5.67. The SMILES string of the molecule is CC(c1ccncc1)C(Cl)c1cc(C(F)(F)F)ccc1F. The van der Waals surface area contributed by atoms with Gasteiger partial charge in [-0.2, -0.15) is 13.2 Å². The second-order valence-corrected chi connectivity index (χ2v) is 5.18. The van der Waals surface area contributed by atoms with Gasteiger partial charge in [0.2, 0.25) is 0 Å². The van der Waals surface area contributed by atoms with E-state index in [-0.39, 0.29) is 11.5 Å². The van der Waals surface area contributed by atoms with E-state index in [2.05, 4.69) is 4.98 Å². The number of alkyl halides is 4. The van der Waals surface area contributed by atoms with Gasteiger partial charge in [0.1, 0.15) is 5.82 Å². The van der Waals surface area contributed by atoms with Gasteiger partial charge in [-0.05, 0) is 35.9 Å². The minimum atomic E-state index is -4.53. The van der Waals surface area contributed by atoms with Crippen molar-refractivity contribution >= 4 is 11.6 Å². The molecule has 0 N–H and O–H groups in total. The molecule has 2 aromatic rings. The number of rotatable bonds is 3. The van der Waals surface area contributed by atoms with Crippen LogP contribution in [0.4, 0.5) is 17.6 Å². The number of benzene rings is 1. The third-order valence-electron chi connectivity index (χ3n) is 3.29. The van der Waals surface area contributed by atoms with Gasteiger partial charge in [0.25, 0.3) is 0 Å². The van der Waals surface area contributed by atoms with Crippen molar-refractivity contribution in [2.75, 3.05) is 0 Å². The third kappa shape index (κ3) is 3.53. The molecule has 0 aliphatic heterocycles. The normalized spacial score (nSPS) is 14.8. The molecule has 0 saturated heterocycles. The molecule has 0 aliphatic carbocycles. The maximum Gasteiger partial charge on any atom is 0.416 e. The topological polar surface area (TPSA) is 12.9 Å². The number of nitrogens with zero attached hydrogens (tertiary/aromatic N) is 1. The summed E-state index contributed by atoms with van der Waals surface area (Å²) in [5.74, 6) is -1.10. The Morgan fingerprint density at radius 1 is 1.10 bits per heavy atom. The van der Waals surface area contributed by atoms with Gasteiger partial charge in [-0.1, -0.05) is 6.92 Å². The Kier molecular flexibility index (Phi) is 4.52. The molecule has 2 atom stereocenters. The van der Waals surface area contributed by atoms with E-state index >= 15 is 0 Å². The maximum atomic E-state index is 13.8. The molecule has 21 heavy (non-hydrogen) atoms. The van der Waals surface area contributed by atoms with E-state index in [1.807, 2.05) is 0 Å². The highest BCUT2D eigenvalue weighted by Crippen LogP contribution is 2.39. The van der Waals surface area contributed by atoms with Gasteiger partial charge in [0, 0.05) is 23.9 Å². The number of hydrogen-bond donors (Lipinski definition) is 0. The first kappa shape index (κ1) is 15.8. The van der Waals surface area contributed by atoms with E-state index in [1.54, 1.807) is 31.5 Å². The Hall–Kier alpha value is -1.62. The first-order valence-corrected chi connectivity index (χ1v) is 6.65. The van der Waals surface area contributed by atoms with E-state index in [4.69, 9.17) is 11.6 Å². The molecule has 1 heterocycles. The van der Waals surface area contributed by atoms with Crippen molar-refractivity contribution in [3.8, 4) is 0 Å². The van der Waals surface area contributed by atoms with Gasteiger partial charge in [-0.15, -0.1) is 11.6 Å². The van der Waals surface area contributed by atoms with Crippen LogP contribution in [0.1, 0.15) is 34.9 Å². The van der Waals surface area contributed by atoms with Crippen molar-refractivity contribution in [3.05, 3.63) is 65.2 Å². The van der Waals surface area contributed by atoms with Crippen LogP contribution in [0.25, 0.3) is 0 Å². The van der Waals surface area contributed by atoms with E-state index < -0.39 is 22.9 Å². The quantitative estimate of drug-likeness (QED) is 0.551. The predicted octanol–water partition coefficient (Wildman–Crippen LogP) is 5.32. The van der Waals surface area contributed by atoms with E-state index in [0.717, 1.165) is 17.7 Å². The van der Waals surface area contributed by atoms with Crippen molar-refractivity contribution in [1.29, 1.82) is 0 Å². The zero-order valence-corrected chi connectivity index (χ0v) is 11.8. The Morgan fingerprint density at radius 3 is 2.29 bits per heavy atom. The summed E-state index contributed by atoms with van der Waals surface area (Å²) in [5, 5.41) is -0.908. The molecule has 0 aliphatic rings. The molecule has 0 amide bonds. The van der Waals surface area contributed by atoms with E-state index in [1.165, 1.54) is 0 Å². The van der Waals surface area contributed by atoms with Crippen LogP contribution >= 0.6 is 11.6 Å². The van der Waals surface area contributed by atoms with Crippen molar-refractivity contribution in [2.24, 2.45) is 0 Å². The Morgan fingerprint density at radius 2 is 1.71 bits per heavy atom. The Balaban J connectivity index is 2.37. The second-order valence-electron chi connectivity index (χ2n) is 4.71. The Bertz CT molecular complexity index is 613. The molecule has 1 aromatic heterocycles. The molecule has 0 radical (unpaired) electrons. The molecule has 1 aromatic carbocycles. The Labute approximate surface area is 124 Å². The van der Waals surface area contributed by atoms with Crippen LogP contribution in [0, 0.1) is 5.82 Å². The molecule has 0 bridgehead atoms. The lowest BCUT2D eigenvalue weighted by Gasteiger charge is -2.20. The maximum absolute atomic E-state index is 13.8. The molecule has 1 nitrogen and oxygen atoms in total. The summed E-state index contributed by atoms with van der Waals surface area (Å²) in [5.41, 5.74) is -0.288. The van der Waals surface area contributed by atoms with Crippen molar-refractivity contribution in [1.82, 2.24) is 4.98 Å². The molecule has 0 spiro atoms. The first-order valence-electron chi connectivity index (χ1n) is 6.21. The largest absolute Gasteiger partial charge is 0.416 e. The number of aromatic nitrogens is 1. The van der Waals surface area contributed by atoms with Crippen LogP contribution in [-0.2, 0) is 6.18 Å². The lowest BCUT2D eigenvalue weighted by Crippen LogP contribution is -2.10. The third-order valence-corrected chi connectivity index (χ3v) is 3.90. The number of halogens is 5. The zero-order chi connectivity index (χ0) is 15.6. The fourth-order valence-electron chi connectivity index (χ4n) is 2.04. The fourth-order valence-corrected chi connectivity index (χ4v) is 2.35. The molecule has 112 valence electrons. The van der Waals surface area contributed by atoms with Crippen molar-refractivity contribution < 1.29 is 17.6 Å². The van der Waals surface area contributed by atoms with Crippen molar-refractivity contribution in [3.63, 3.8) is 0 Å². The highest BCUT2D eigenvalue weighted by atomic mass is 35.5. The second kappa shape index (κ2) is 6.02. The van der Waals surface area contributed by atoms with Crippen LogP contribution < -0.4 is 0 Å². The van der Waals surface area contributed by atoms with Crippen LogP contribution in [0.2, 0.25) is 0 Å². The molecular formula is C15H12ClF4N. The monoisotopic (exact) mass is 317 g/mol. The van der Waals surface area contributed by atoms with E-state index in [9.17, 15) is 17.6 Å². The minimum absolute atomic E-state index is 0.157. The van der Waals surface area contributed by atoms with Crippen LogP contribution in [0.15, 0.2) is 42.7 Å². The first-order chi connectivity index (χ1) is 9.80. The van der Waals surface area contributed by atoms with Gasteiger partial charge in [0.15, 0.2) is 0 Å². The van der Waals surface area contributed by atoms with Crippen LogP contribution in [0.3, 0.4) is 0 Å². The lowest BCUT2D eigenvalue weighted by atomic mass is 9.92. The lowest BCUT2D eigenvalue weighted by molar-refractivity contribution is -0.137. The summed E-state index contributed by atoms with van der Waals surface area (Å²) in [6.45, 7) is 1.73. The van der Waals surface area contributed by atoms with Gasteiger partial charge in [-0.3, -0.25) is 4.98 Å². The van der Waals surface area contributed by atoms with Gasteiger partial charge in [-0.25, -0.2) is 4.39 Å². The summed E-state index contributed by atoms with van der Waals surface area (Å²) >= 11 is 6.19. The van der Waals surface area contributed by atoms with Crippen LogP contribution in [-0.4, -0.2) is 4.98 Å². The standard InChI is InChI=1S/C15H12ClF4N/c1-9(10-4-6-21-7-5-10)14(16)12-8-11(15(18,19)20)2-3-13(12)17/h2-9,14H,1H3. The molecule has 2 rings (SSSR count). The summed E-state index contributed by atoms with van der Waals surface area (Å²) < 4.78 is 52.0. The highest BCUT2D eigenvalue weighted by molar-refractivity contribution is 6.21. The smallest absolute Gasteiger partial charge is 0.265 e. The predicted molar refractivity (Wildman–Crippen MR) is 72.6 cm³/mol. The molecule has 2 unspecified atom stereocenters. The number of hydrogen-bond acceptors (Lipinski definition) is 1. The molecular weight excluding hydrogens is 306 g/mol. The highest BCUT2D eigenvalue weighted by Gasteiger charge is 2.32. The zero-order valence-electron chi connectivity index (χ0n) is 11.0. The fraction of sp³-hybridized carbons (Fsp3) is 0.267. The van der Waals surface area contributed by atoms with Gasteiger partial charge < -0.3 is 0 Å². The number of pyridine rings is 1. The summed E-state index contributed by atoms with van der Waals surface area (Å²) in [6.07, 6.45) is -1.42. The molecule has 0 saturated carbocycles. The summed E-state index contributed by atoms with van der Waals surface area (Å²) in [7, 11) is 0. The van der Waals surface area contributed by atoms with E-state index in [0.29, 0.717) is 6.07 Å². The summed E-state index contributed by atoms with van der Waals surface area (Å²) in [4.78, 5) is 3.86. The average molecular weight is 318 g/mol. The van der Waals surface area contributed by atoms with Crippen molar-refractivity contribution in [2.45, 2.75) is 24.4 Å². The molecule has 0 fully saturated rings. The van der Waals surface area contributed by atoms with Gasteiger partial charge >= 0.3 is 6.18 Å². The minimum Gasteiger partial charge on any atom is -0.265 e. The average Bonchev–Trinajstić information content (AvgIpc) is 2.46. The van der Waals surface area contributed by atoms with Gasteiger partial charge in [0.05, 0.1) is 10.9 Å². The molecule has 6 heteroatoms. The van der Waals surface area contributed by atoms with Crippen LogP contribution in [0.5, 0.6) is 0 Å².